The smallest absolute Gasteiger partial charge is 0.341 e. The highest BCUT2D eigenvalue weighted by Crippen LogP contribution is 2.38. The summed E-state index contributed by atoms with van der Waals surface area (Å²) in [7, 11) is 1.34. The molecule has 3 rings (SSSR count). The van der Waals surface area contributed by atoms with Gasteiger partial charge in [0.1, 0.15) is 5.00 Å². The van der Waals surface area contributed by atoms with Crippen LogP contribution >= 0.6 is 11.3 Å². The Morgan fingerprint density at radius 2 is 2.08 bits per heavy atom. The predicted octanol–water partition coefficient (Wildman–Crippen LogP) is 3.54. The highest BCUT2D eigenvalue weighted by atomic mass is 32.1. The van der Waals surface area contributed by atoms with Gasteiger partial charge in [-0.15, -0.1) is 11.3 Å². The summed E-state index contributed by atoms with van der Waals surface area (Å²) in [6.45, 7) is 0. The minimum absolute atomic E-state index is 0.337. The van der Waals surface area contributed by atoms with Crippen LogP contribution in [0.25, 0.3) is 0 Å². The number of methoxy groups -OCH3 is 1. The van der Waals surface area contributed by atoms with Crippen molar-refractivity contribution in [2.45, 2.75) is 25.7 Å². The van der Waals surface area contributed by atoms with Crippen LogP contribution in [0.2, 0.25) is 0 Å². The van der Waals surface area contributed by atoms with Crippen molar-refractivity contribution in [1.82, 2.24) is 0 Å². The Kier molecular flexibility index (Phi) is 4.63. The Morgan fingerprint density at radius 1 is 1.29 bits per heavy atom. The summed E-state index contributed by atoms with van der Waals surface area (Å²) < 4.78 is 4.90. The molecule has 1 aliphatic rings. The number of rotatable bonds is 3. The number of fused-ring (bicyclic) bond motifs is 1. The van der Waals surface area contributed by atoms with Gasteiger partial charge in [-0.05, 0) is 49.4 Å². The molecule has 5 nitrogen and oxygen atoms in total. The number of carbonyl (C=O) groups is 2. The van der Waals surface area contributed by atoms with Crippen LogP contribution in [0, 0.1) is 11.3 Å². The quantitative estimate of drug-likeness (QED) is 0.867. The normalized spacial score (nSPS) is 12.8. The van der Waals surface area contributed by atoms with Crippen LogP contribution < -0.4 is 5.32 Å². The number of anilines is 1. The van der Waals surface area contributed by atoms with Gasteiger partial charge in [0.25, 0.3) is 5.91 Å². The molecular weight excluding hydrogens is 324 g/mol. The number of esters is 1. The topological polar surface area (TPSA) is 79.2 Å². The van der Waals surface area contributed by atoms with Crippen LogP contribution in [0.15, 0.2) is 24.3 Å². The maximum atomic E-state index is 12.5. The van der Waals surface area contributed by atoms with E-state index in [2.05, 4.69) is 5.32 Å². The Balaban J connectivity index is 1.94. The molecule has 6 heteroatoms. The number of nitrogens with one attached hydrogen (secondary N) is 1. The fraction of sp³-hybridized carbons (Fsp3) is 0.278. The molecule has 0 atom stereocenters. The van der Waals surface area contributed by atoms with E-state index >= 15 is 0 Å². The lowest BCUT2D eigenvalue weighted by Gasteiger charge is -2.11. The van der Waals surface area contributed by atoms with Crippen molar-refractivity contribution in [3.63, 3.8) is 0 Å². The average Bonchev–Trinajstić information content (AvgIpc) is 2.98. The molecule has 1 aromatic heterocycles. The lowest BCUT2D eigenvalue weighted by molar-refractivity contribution is 0.0601. The van der Waals surface area contributed by atoms with Crippen molar-refractivity contribution < 1.29 is 14.3 Å². The number of hydrogen-bond donors (Lipinski definition) is 1. The summed E-state index contributed by atoms with van der Waals surface area (Å²) in [5.74, 6) is -0.758. The molecule has 0 bridgehead atoms. The SMILES string of the molecule is COC(=O)c1c(NC(=O)c2cccc(C#N)c2)sc2c1CCCC2. The van der Waals surface area contributed by atoms with Crippen LogP contribution in [0.4, 0.5) is 5.00 Å². The van der Waals surface area contributed by atoms with E-state index in [1.54, 1.807) is 18.2 Å². The van der Waals surface area contributed by atoms with Gasteiger partial charge < -0.3 is 10.1 Å². The number of nitriles is 1. The first-order chi connectivity index (χ1) is 11.6. The van der Waals surface area contributed by atoms with Crippen molar-refractivity contribution in [3.8, 4) is 6.07 Å². The first kappa shape index (κ1) is 16.2. The number of thiophene rings is 1. The largest absolute Gasteiger partial charge is 0.465 e. The molecule has 122 valence electrons. The number of aryl methyl sites for hydroxylation is 1. The second-order valence-electron chi connectivity index (χ2n) is 5.55. The highest BCUT2D eigenvalue weighted by molar-refractivity contribution is 7.17. The summed E-state index contributed by atoms with van der Waals surface area (Å²) in [5.41, 5.74) is 2.28. The van der Waals surface area contributed by atoms with Crippen LogP contribution in [-0.4, -0.2) is 19.0 Å². The maximum Gasteiger partial charge on any atom is 0.341 e. The molecule has 1 aromatic carbocycles. The van der Waals surface area contributed by atoms with E-state index in [1.165, 1.54) is 24.5 Å². The number of benzene rings is 1. The molecule has 1 amide bonds. The predicted molar refractivity (Wildman–Crippen MR) is 91.4 cm³/mol. The van der Waals surface area contributed by atoms with E-state index in [9.17, 15) is 9.59 Å². The first-order valence-electron chi connectivity index (χ1n) is 7.68. The van der Waals surface area contributed by atoms with Crippen molar-refractivity contribution in [2.75, 3.05) is 12.4 Å². The van der Waals surface area contributed by atoms with Crippen molar-refractivity contribution in [1.29, 1.82) is 5.26 Å². The summed E-state index contributed by atoms with van der Waals surface area (Å²) in [5, 5.41) is 12.3. The second kappa shape index (κ2) is 6.85. The molecule has 24 heavy (non-hydrogen) atoms. The van der Waals surface area contributed by atoms with E-state index in [4.69, 9.17) is 10.00 Å². The summed E-state index contributed by atoms with van der Waals surface area (Å²) in [6.07, 6.45) is 3.87. The summed E-state index contributed by atoms with van der Waals surface area (Å²) in [6, 6.07) is 8.48. The molecule has 0 fully saturated rings. The molecule has 0 unspecified atom stereocenters. The van der Waals surface area contributed by atoms with E-state index in [0.717, 1.165) is 36.1 Å². The number of nitrogens with zero attached hydrogens (tertiary/aromatic N) is 1. The Hall–Kier alpha value is -2.65. The van der Waals surface area contributed by atoms with Crippen LogP contribution in [0.3, 0.4) is 0 Å². The third-order valence-electron chi connectivity index (χ3n) is 4.04. The number of ether oxygens (including phenoxy) is 1. The van der Waals surface area contributed by atoms with Gasteiger partial charge >= 0.3 is 5.97 Å². The summed E-state index contributed by atoms with van der Waals surface area (Å²) >= 11 is 1.44. The van der Waals surface area contributed by atoms with Gasteiger partial charge in [0.05, 0.1) is 24.3 Å². The standard InChI is InChI=1S/C18H16N2O3S/c1-23-18(22)15-13-7-2-3-8-14(13)24-17(15)20-16(21)12-6-4-5-11(9-12)10-19/h4-6,9H,2-3,7-8H2,1H3,(H,20,21). The Morgan fingerprint density at radius 3 is 2.83 bits per heavy atom. The van der Waals surface area contributed by atoms with E-state index in [1.807, 2.05) is 6.07 Å². The minimum Gasteiger partial charge on any atom is -0.465 e. The first-order valence-corrected chi connectivity index (χ1v) is 8.50. The van der Waals surface area contributed by atoms with E-state index in [0.29, 0.717) is 21.7 Å². The number of carbonyl (C=O) groups excluding carboxylic acids is 2. The minimum atomic E-state index is -0.421. The fourth-order valence-corrected chi connectivity index (χ4v) is 4.15. The van der Waals surface area contributed by atoms with Gasteiger partial charge in [0, 0.05) is 10.4 Å². The van der Waals surface area contributed by atoms with Gasteiger partial charge in [0.2, 0.25) is 0 Å². The third-order valence-corrected chi connectivity index (χ3v) is 5.25. The van der Waals surface area contributed by atoms with Crippen molar-refractivity contribution in [2.24, 2.45) is 0 Å². The van der Waals surface area contributed by atoms with Gasteiger partial charge in [-0.25, -0.2) is 4.79 Å². The van der Waals surface area contributed by atoms with Crippen LogP contribution in [0.5, 0.6) is 0 Å². The Labute approximate surface area is 143 Å². The molecule has 0 saturated heterocycles. The lowest BCUT2D eigenvalue weighted by Crippen LogP contribution is -2.15. The van der Waals surface area contributed by atoms with Gasteiger partial charge in [-0.2, -0.15) is 5.26 Å². The molecule has 0 radical (unpaired) electrons. The lowest BCUT2D eigenvalue weighted by atomic mass is 9.95. The molecule has 0 saturated carbocycles. The zero-order chi connectivity index (χ0) is 17.1. The van der Waals surface area contributed by atoms with Gasteiger partial charge in [-0.3, -0.25) is 4.79 Å². The molecule has 0 aliphatic heterocycles. The van der Waals surface area contributed by atoms with Crippen molar-refractivity contribution in [3.05, 3.63) is 51.4 Å². The van der Waals surface area contributed by atoms with Crippen molar-refractivity contribution >= 4 is 28.2 Å². The molecular formula is C18H16N2O3S. The highest BCUT2D eigenvalue weighted by Gasteiger charge is 2.27. The molecule has 2 aromatic rings. The molecule has 0 spiro atoms. The zero-order valence-corrected chi connectivity index (χ0v) is 14.0. The average molecular weight is 340 g/mol. The Bertz CT molecular complexity index is 848. The van der Waals surface area contributed by atoms with Gasteiger partial charge in [-0.1, -0.05) is 6.07 Å². The van der Waals surface area contributed by atoms with E-state index in [-0.39, 0.29) is 5.91 Å². The fourth-order valence-electron chi connectivity index (χ4n) is 2.88. The molecule has 1 N–H and O–H groups in total. The maximum absolute atomic E-state index is 12.5. The molecule has 1 aliphatic carbocycles. The van der Waals surface area contributed by atoms with Crippen LogP contribution in [-0.2, 0) is 17.6 Å². The van der Waals surface area contributed by atoms with Crippen LogP contribution in [0.1, 0.15) is 49.6 Å². The molecule has 1 heterocycles. The van der Waals surface area contributed by atoms with E-state index < -0.39 is 5.97 Å². The van der Waals surface area contributed by atoms with Gasteiger partial charge in [0.15, 0.2) is 0 Å². The zero-order valence-electron chi connectivity index (χ0n) is 13.2. The number of amides is 1. The second-order valence-corrected chi connectivity index (χ2v) is 6.66. The third kappa shape index (κ3) is 3.03. The monoisotopic (exact) mass is 340 g/mol. The summed E-state index contributed by atoms with van der Waals surface area (Å²) in [4.78, 5) is 25.8. The number of hydrogen-bond acceptors (Lipinski definition) is 5.